The molecular formula is C33H37ClF2N6O3. The van der Waals surface area contributed by atoms with Crippen molar-refractivity contribution in [1.82, 2.24) is 24.3 Å². The molecule has 45 heavy (non-hydrogen) atoms. The highest BCUT2D eigenvalue weighted by atomic mass is 35.5. The van der Waals surface area contributed by atoms with Crippen molar-refractivity contribution in [2.75, 3.05) is 57.8 Å². The van der Waals surface area contributed by atoms with Gasteiger partial charge in [0.2, 0.25) is 5.91 Å². The van der Waals surface area contributed by atoms with E-state index in [0.717, 1.165) is 51.3 Å². The number of halogens is 3. The lowest BCUT2D eigenvalue weighted by atomic mass is 9.99. The maximum atomic E-state index is 15.2. The van der Waals surface area contributed by atoms with Crippen LogP contribution in [0.5, 0.6) is 5.75 Å². The first-order valence-corrected chi connectivity index (χ1v) is 15.7. The van der Waals surface area contributed by atoms with E-state index in [1.807, 2.05) is 18.7 Å². The van der Waals surface area contributed by atoms with Gasteiger partial charge < -0.3 is 24.3 Å². The number of carbonyl (C=O) groups is 1. The summed E-state index contributed by atoms with van der Waals surface area (Å²) >= 11 is 6.86. The molecule has 0 N–H and O–H groups in total. The molecule has 3 aromatic rings. The summed E-state index contributed by atoms with van der Waals surface area (Å²) in [7, 11) is 2.12. The molecule has 0 bridgehead atoms. The van der Waals surface area contributed by atoms with Gasteiger partial charge in [-0.15, -0.1) is 0 Å². The van der Waals surface area contributed by atoms with Crippen LogP contribution in [-0.4, -0.2) is 95.1 Å². The normalized spacial score (nSPS) is 20.7. The fourth-order valence-corrected chi connectivity index (χ4v) is 6.90. The zero-order chi connectivity index (χ0) is 32.0. The van der Waals surface area contributed by atoms with E-state index < -0.39 is 17.3 Å². The van der Waals surface area contributed by atoms with Crippen LogP contribution in [0.2, 0.25) is 5.02 Å². The molecule has 0 aliphatic carbocycles. The number of likely N-dealkylation sites (N-methyl/N-ethyl adjacent to an activating group) is 1. The van der Waals surface area contributed by atoms with Crippen molar-refractivity contribution in [3.63, 3.8) is 0 Å². The fraction of sp³-hybridized carbons (Fsp3) is 0.424. The van der Waals surface area contributed by atoms with Gasteiger partial charge in [0.05, 0.1) is 10.7 Å². The second-order valence-electron chi connectivity index (χ2n) is 12.2. The number of allylic oxidation sites excluding steroid dienone is 1. The molecule has 2 fully saturated rings. The highest BCUT2D eigenvalue weighted by Gasteiger charge is 2.35. The van der Waals surface area contributed by atoms with Crippen LogP contribution in [0.4, 0.5) is 14.6 Å². The summed E-state index contributed by atoms with van der Waals surface area (Å²) in [6.07, 6.45) is 4.17. The predicted molar refractivity (Wildman–Crippen MR) is 173 cm³/mol. The van der Waals surface area contributed by atoms with Crippen LogP contribution in [0.3, 0.4) is 0 Å². The van der Waals surface area contributed by atoms with Gasteiger partial charge in [-0.25, -0.2) is 13.6 Å². The van der Waals surface area contributed by atoms with E-state index in [0.29, 0.717) is 41.9 Å². The molecule has 6 rings (SSSR count). The van der Waals surface area contributed by atoms with E-state index in [-0.39, 0.29) is 39.9 Å². The van der Waals surface area contributed by atoms with Crippen molar-refractivity contribution in [1.29, 1.82) is 0 Å². The van der Waals surface area contributed by atoms with Gasteiger partial charge in [0.15, 0.2) is 5.75 Å². The van der Waals surface area contributed by atoms with Gasteiger partial charge in [0.1, 0.15) is 29.2 Å². The van der Waals surface area contributed by atoms with Crippen molar-refractivity contribution in [2.24, 2.45) is 0 Å². The smallest absolute Gasteiger partial charge is 0.354 e. The maximum Gasteiger partial charge on any atom is 0.354 e. The van der Waals surface area contributed by atoms with Crippen molar-refractivity contribution in [3.05, 3.63) is 70.3 Å². The zero-order valence-electron chi connectivity index (χ0n) is 25.7. The summed E-state index contributed by atoms with van der Waals surface area (Å²) in [6.45, 7) is 13.2. The van der Waals surface area contributed by atoms with Crippen LogP contribution in [0.25, 0.3) is 27.7 Å². The Bertz CT molecular complexity index is 1750. The number of ether oxygens (including phenoxy) is 1. The Kier molecular flexibility index (Phi) is 8.69. The topological polar surface area (TPSA) is 74.1 Å². The van der Waals surface area contributed by atoms with Gasteiger partial charge in [-0.2, -0.15) is 4.98 Å². The second kappa shape index (κ2) is 12.5. The lowest BCUT2D eigenvalue weighted by Gasteiger charge is -2.44. The molecule has 9 nitrogen and oxygen atoms in total. The number of hydrogen-bond acceptors (Lipinski definition) is 7. The van der Waals surface area contributed by atoms with Gasteiger partial charge in [-0.05, 0) is 64.6 Å². The first kappa shape index (κ1) is 31.2. The van der Waals surface area contributed by atoms with Crippen LogP contribution in [0.1, 0.15) is 26.7 Å². The molecule has 238 valence electrons. The highest BCUT2D eigenvalue weighted by Crippen LogP contribution is 2.47. The van der Waals surface area contributed by atoms with E-state index in [4.69, 9.17) is 16.3 Å². The summed E-state index contributed by atoms with van der Waals surface area (Å²) in [6, 6.07) is 4.58. The van der Waals surface area contributed by atoms with Crippen molar-refractivity contribution < 1.29 is 18.3 Å². The molecule has 1 amide bonds. The number of benzene rings is 2. The molecule has 2 aromatic carbocycles. The number of aromatic nitrogens is 2. The number of piperazine rings is 2. The molecule has 1 aromatic heterocycles. The summed E-state index contributed by atoms with van der Waals surface area (Å²) < 4.78 is 36.8. The molecule has 3 aliphatic heterocycles. The minimum atomic E-state index is -0.799. The summed E-state index contributed by atoms with van der Waals surface area (Å²) in [5.41, 5.74) is 0.852. The molecule has 12 heteroatoms. The largest absolute Gasteiger partial charge is 0.460 e. The van der Waals surface area contributed by atoms with Gasteiger partial charge in [0.25, 0.3) is 0 Å². The van der Waals surface area contributed by atoms with E-state index in [9.17, 15) is 14.0 Å². The minimum absolute atomic E-state index is 0.0566. The Labute approximate surface area is 265 Å². The van der Waals surface area contributed by atoms with Gasteiger partial charge in [0, 0.05) is 73.9 Å². The molecule has 3 aliphatic rings. The number of amides is 1. The van der Waals surface area contributed by atoms with Crippen molar-refractivity contribution >= 4 is 39.9 Å². The second-order valence-corrected chi connectivity index (χ2v) is 12.6. The quantitative estimate of drug-likeness (QED) is 0.344. The summed E-state index contributed by atoms with van der Waals surface area (Å²) in [4.78, 5) is 39.5. The summed E-state index contributed by atoms with van der Waals surface area (Å²) in [5, 5.41) is 0.734. The molecule has 2 atom stereocenters. The van der Waals surface area contributed by atoms with E-state index in [1.54, 1.807) is 11.0 Å². The number of hydrogen-bond donors (Lipinski definition) is 0. The Morgan fingerprint density at radius 1 is 1.13 bits per heavy atom. The van der Waals surface area contributed by atoms with Crippen LogP contribution in [0.15, 0.2) is 48.0 Å². The molecule has 0 saturated carbocycles. The maximum absolute atomic E-state index is 15.2. The lowest BCUT2D eigenvalue weighted by molar-refractivity contribution is -0.128. The average molecular weight is 639 g/mol. The van der Waals surface area contributed by atoms with Crippen molar-refractivity contribution in [2.45, 2.75) is 38.8 Å². The number of rotatable bonds is 7. The fourth-order valence-electron chi connectivity index (χ4n) is 6.60. The minimum Gasteiger partial charge on any atom is -0.460 e. The highest BCUT2D eigenvalue weighted by molar-refractivity contribution is 6.35. The molecule has 0 unspecified atom stereocenters. The molecule has 2 saturated heterocycles. The van der Waals surface area contributed by atoms with Gasteiger partial charge in [-0.3, -0.25) is 9.36 Å². The molecule has 0 spiro atoms. The molecule has 4 heterocycles. The summed E-state index contributed by atoms with van der Waals surface area (Å²) in [5.74, 6) is -1.06. The Morgan fingerprint density at radius 2 is 1.89 bits per heavy atom. The van der Waals surface area contributed by atoms with Crippen LogP contribution in [-0.2, 0) is 4.79 Å². The average Bonchev–Trinajstić information content (AvgIpc) is 3.01. The Morgan fingerprint density at radius 3 is 2.60 bits per heavy atom. The monoisotopic (exact) mass is 638 g/mol. The third-order valence-corrected chi connectivity index (χ3v) is 9.38. The van der Waals surface area contributed by atoms with Crippen LogP contribution >= 0.6 is 11.6 Å². The Hall–Kier alpha value is -3.80. The molecule has 0 radical (unpaired) electrons. The van der Waals surface area contributed by atoms with Gasteiger partial charge >= 0.3 is 5.69 Å². The lowest BCUT2D eigenvalue weighted by Crippen LogP contribution is -2.58. The van der Waals surface area contributed by atoms with Crippen LogP contribution < -0.4 is 15.3 Å². The first-order chi connectivity index (χ1) is 21.6. The van der Waals surface area contributed by atoms with Crippen molar-refractivity contribution in [3.8, 4) is 16.9 Å². The third-order valence-electron chi connectivity index (χ3n) is 9.08. The van der Waals surface area contributed by atoms with E-state index >= 15 is 4.39 Å². The first-order valence-electron chi connectivity index (χ1n) is 15.3. The number of anilines is 1. The SMILES string of the molecule is C=CC(=O)N1C[C@H](C)N(c2nc(=O)n3c4c(c(-c5ccc(F)cc5F)c(Cl)cc24)OC=C3CCCN2CCN(C)CC2)C[C@H]1C. The third kappa shape index (κ3) is 5.84. The van der Waals surface area contributed by atoms with E-state index in [2.05, 4.69) is 28.4 Å². The standard InChI is InChI=1S/C33H37ClF2N6O3/c1-5-28(43)40-17-21(3)41(18-20(40)2)32-25-16-26(34)29(24-9-8-22(35)15-27(24)36)31-30(25)42(33(44)37-32)23(19-45-31)7-6-10-39-13-11-38(4)12-14-39/h5,8-9,15-16,19-21H,1,6-7,10-14,17-18H2,2-4H3/t20-,21+/m1/s1. The predicted octanol–water partition coefficient (Wildman–Crippen LogP) is 4.83. The van der Waals surface area contributed by atoms with Gasteiger partial charge in [-0.1, -0.05) is 18.2 Å². The number of nitrogens with zero attached hydrogens (tertiary/aromatic N) is 6. The zero-order valence-corrected chi connectivity index (χ0v) is 26.5. The van der Waals surface area contributed by atoms with E-state index in [1.165, 1.54) is 23.0 Å². The number of carbonyl (C=O) groups excluding carboxylic acids is 1. The Balaban J connectivity index is 1.45. The molecular weight excluding hydrogens is 602 g/mol. The van der Waals surface area contributed by atoms with Crippen LogP contribution in [0, 0.1) is 11.6 Å².